The average Bonchev–Trinajstić information content (AvgIpc) is 2.70. The highest BCUT2D eigenvalue weighted by molar-refractivity contribution is 5.89. The number of carbonyl (C=O) groups excluding carboxylic acids is 1. The number of cyclic esters (lactones) is 1. The highest BCUT2D eigenvalue weighted by Crippen LogP contribution is 2.32. The van der Waals surface area contributed by atoms with E-state index in [1.165, 1.54) is 12.1 Å². The molecule has 1 heterocycles. The van der Waals surface area contributed by atoms with Crippen molar-refractivity contribution in [1.29, 1.82) is 0 Å². The first-order valence-electron chi connectivity index (χ1n) is 5.27. The summed E-state index contributed by atoms with van der Waals surface area (Å²) in [5.74, 6) is 0. The maximum Gasteiger partial charge on any atom is 0.416 e. The van der Waals surface area contributed by atoms with Crippen LogP contribution in [0.5, 0.6) is 0 Å². The lowest BCUT2D eigenvalue weighted by Gasteiger charge is -2.15. The Balaban J connectivity index is 2.27. The molecule has 7 heteroatoms. The number of rotatable bonds is 2. The third kappa shape index (κ3) is 2.40. The average molecular weight is 260 g/mol. The van der Waals surface area contributed by atoms with Crippen LogP contribution >= 0.6 is 0 Å². The Morgan fingerprint density at radius 3 is 2.72 bits per heavy atom. The fourth-order valence-corrected chi connectivity index (χ4v) is 1.71. The summed E-state index contributed by atoms with van der Waals surface area (Å²) in [6.45, 7) is 0.303. The molecule has 1 aliphatic rings. The Morgan fingerprint density at radius 2 is 2.17 bits per heavy atom. The number of carbonyl (C=O) groups is 1. The second-order valence-corrected chi connectivity index (χ2v) is 3.90. The van der Waals surface area contributed by atoms with Gasteiger partial charge in [-0.1, -0.05) is 6.07 Å². The largest absolute Gasteiger partial charge is 0.443 e. The summed E-state index contributed by atoms with van der Waals surface area (Å²) >= 11 is 0. The first-order chi connectivity index (χ1) is 8.41. The number of hydrogen-bond donors (Lipinski definition) is 1. The fraction of sp³-hybridized carbons (Fsp3) is 0.364. The van der Waals surface area contributed by atoms with Crippen LogP contribution in [0, 0.1) is 0 Å². The van der Waals surface area contributed by atoms with Crippen molar-refractivity contribution in [1.82, 2.24) is 0 Å². The maximum absolute atomic E-state index is 12.5. The van der Waals surface area contributed by atoms with Gasteiger partial charge < -0.3 is 10.5 Å². The Bertz CT molecular complexity index is 462. The van der Waals surface area contributed by atoms with E-state index in [0.29, 0.717) is 0 Å². The zero-order chi connectivity index (χ0) is 13.3. The lowest BCUT2D eigenvalue weighted by Crippen LogP contribution is -2.27. The predicted molar refractivity (Wildman–Crippen MR) is 58.1 cm³/mol. The summed E-state index contributed by atoms with van der Waals surface area (Å²) < 4.78 is 42.5. The SMILES string of the molecule is NCC1CN(c2cccc(C(F)(F)F)c2)C(=O)O1. The van der Waals surface area contributed by atoms with Crippen LogP contribution in [-0.2, 0) is 10.9 Å². The molecule has 4 nitrogen and oxygen atoms in total. The standard InChI is InChI=1S/C11H11F3N2O2/c12-11(13,14)7-2-1-3-8(4-7)16-6-9(5-15)18-10(16)17/h1-4,9H,5-6,15H2. The molecule has 1 saturated heterocycles. The highest BCUT2D eigenvalue weighted by Gasteiger charge is 2.34. The van der Waals surface area contributed by atoms with Crippen molar-refractivity contribution in [2.45, 2.75) is 12.3 Å². The van der Waals surface area contributed by atoms with E-state index in [-0.39, 0.29) is 18.8 Å². The number of benzene rings is 1. The van der Waals surface area contributed by atoms with Crippen LogP contribution in [0.25, 0.3) is 0 Å². The van der Waals surface area contributed by atoms with Gasteiger partial charge in [-0.2, -0.15) is 13.2 Å². The minimum absolute atomic E-state index is 0.140. The van der Waals surface area contributed by atoms with Crippen molar-refractivity contribution in [3.63, 3.8) is 0 Å². The Hall–Kier alpha value is -1.76. The molecule has 0 spiro atoms. The molecule has 1 amide bonds. The number of hydrogen-bond acceptors (Lipinski definition) is 3. The molecular formula is C11H11F3N2O2. The summed E-state index contributed by atoms with van der Waals surface area (Å²) in [5, 5.41) is 0. The minimum atomic E-state index is -4.44. The van der Waals surface area contributed by atoms with Gasteiger partial charge in [-0.25, -0.2) is 4.79 Å². The lowest BCUT2D eigenvalue weighted by molar-refractivity contribution is -0.137. The molecule has 2 rings (SSSR count). The van der Waals surface area contributed by atoms with Gasteiger partial charge in [-0.05, 0) is 18.2 Å². The van der Waals surface area contributed by atoms with Gasteiger partial charge in [0.05, 0.1) is 12.1 Å². The molecule has 1 fully saturated rings. The van der Waals surface area contributed by atoms with Crippen molar-refractivity contribution in [3.8, 4) is 0 Å². The minimum Gasteiger partial charge on any atom is -0.443 e. The second-order valence-electron chi connectivity index (χ2n) is 3.90. The van der Waals surface area contributed by atoms with Crippen LogP contribution in [-0.4, -0.2) is 25.3 Å². The van der Waals surface area contributed by atoms with Gasteiger partial charge in [-0.3, -0.25) is 4.90 Å². The molecule has 98 valence electrons. The number of halogens is 3. The summed E-state index contributed by atoms with van der Waals surface area (Å²) in [7, 11) is 0. The monoisotopic (exact) mass is 260 g/mol. The third-order valence-corrected chi connectivity index (χ3v) is 2.62. The molecule has 1 aliphatic heterocycles. The number of amides is 1. The Kier molecular flexibility index (Phi) is 3.16. The summed E-state index contributed by atoms with van der Waals surface area (Å²) in [5.41, 5.74) is 4.71. The molecule has 1 atom stereocenters. The molecule has 2 N–H and O–H groups in total. The predicted octanol–water partition coefficient (Wildman–Crippen LogP) is 1.99. The number of ether oxygens (including phenoxy) is 1. The molecule has 18 heavy (non-hydrogen) atoms. The van der Waals surface area contributed by atoms with Gasteiger partial charge in [0, 0.05) is 12.2 Å². The molecule has 0 aliphatic carbocycles. The molecule has 0 bridgehead atoms. The van der Waals surface area contributed by atoms with Gasteiger partial charge in [0.25, 0.3) is 0 Å². The molecule has 0 saturated carbocycles. The topological polar surface area (TPSA) is 55.6 Å². The van der Waals surface area contributed by atoms with E-state index in [9.17, 15) is 18.0 Å². The van der Waals surface area contributed by atoms with E-state index in [4.69, 9.17) is 10.5 Å². The van der Waals surface area contributed by atoms with Gasteiger partial charge in [0.1, 0.15) is 6.10 Å². The van der Waals surface area contributed by atoms with Crippen molar-refractivity contribution < 1.29 is 22.7 Å². The van der Waals surface area contributed by atoms with Crippen LogP contribution in [0.4, 0.5) is 23.7 Å². The summed E-state index contributed by atoms with van der Waals surface area (Å²) in [6.07, 6.45) is -5.59. The van der Waals surface area contributed by atoms with Crippen molar-refractivity contribution in [3.05, 3.63) is 29.8 Å². The zero-order valence-corrected chi connectivity index (χ0v) is 9.28. The smallest absolute Gasteiger partial charge is 0.416 e. The summed E-state index contributed by atoms with van der Waals surface area (Å²) in [6, 6.07) is 4.54. The molecule has 1 aromatic carbocycles. The first-order valence-corrected chi connectivity index (χ1v) is 5.27. The number of anilines is 1. The van der Waals surface area contributed by atoms with Gasteiger partial charge in [0.15, 0.2) is 0 Å². The van der Waals surface area contributed by atoms with Gasteiger partial charge in [0.2, 0.25) is 0 Å². The van der Waals surface area contributed by atoms with E-state index in [1.54, 1.807) is 0 Å². The number of nitrogens with zero attached hydrogens (tertiary/aromatic N) is 1. The zero-order valence-electron chi connectivity index (χ0n) is 9.28. The molecular weight excluding hydrogens is 249 g/mol. The fourth-order valence-electron chi connectivity index (χ4n) is 1.71. The van der Waals surface area contributed by atoms with E-state index in [1.807, 2.05) is 0 Å². The Morgan fingerprint density at radius 1 is 1.44 bits per heavy atom. The van der Waals surface area contributed by atoms with Crippen LogP contribution in [0.3, 0.4) is 0 Å². The number of alkyl halides is 3. The van der Waals surface area contributed by atoms with Gasteiger partial charge >= 0.3 is 12.3 Å². The molecule has 1 unspecified atom stereocenters. The number of nitrogens with two attached hydrogens (primary N) is 1. The normalized spacial score (nSPS) is 20.1. The van der Waals surface area contributed by atoms with Crippen LogP contribution < -0.4 is 10.6 Å². The second kappa shape index (κ2) is 4.49. The molecule has 0 aromatic heterocycles. The third-order valence-electron chi connectivity index (χ3n) is 2.62. The van der Waals surface area contributed by atoms with Crippen LogP contribution in [0.2, 0.25) is 0 Å². The Labute approximate surface area is 101 Å². The van der Waals surface area contributed by atoms with Crippen LogP contribution in [0.1, 0.15) is 5.56 Å². The van der Waals surface area contributed by atoms with E-state index in [0.717, 1.165) is 17.0 Å². The maximum atomic E-state index is 12.5. The van der Waals surface area contributed by atoms with Crippen molar-refractivity contribution in [2.24, 2.45) is 5.73 Å². The van der Waals surface area contributed by atoms with Gasteiger partial charge in [-0.15, -0.1) is 0 Å². The first kappa shape index (κ1) is 12.7. The van der Waals surface area contributed by atoms with E-state index in [2.05, 4.69) is 0 Å². The van der Waals surface area contributed by atoms with E-state index < -0.39 is 23.9 Å². The molecule has 0 radical (unpaired) electrons. The van der Waals surface area contributed by atoms with E-state index >= 15 is 0 Å². The lowest BCUT2D eigenvalue weighted by atomic mass is 10.2. The van der Waals surface area contributed by atoms with Crippen LogP contribution in [0.15, 0.2) is 24.3 Å². The highest BCUT2D eigenvalue weighted by atomic mass is 19.4. The molecule has 1 aromatic rings. The van der Waals surface area contributed by atoms with Crippen molar-refractivity contribution >= 4 is 11.8 Å². The summed E-state index contributed by atoms with van der Waals surface area (Å²) in [4.78, 5) is 12.6. The quantitative estimate of drug-likeness (QED) is 0.884. The van der Waals surface area contributed by atoms with Crippen molar-refractivity contribution in [2.75, 3.05) is 18.0 Å².